The Labute approximate surface area is 120 Å². The van der Waals surface area contributed by atoms with E-state index in [-0.39, 0.29) is 6.61 Å². The van der Waals surface area contributed by atoms with Gasteiger partial charge < -0.3 is 10.1 Å². The molecule has 0 fully saturated rings. The lowest BCUT2D eigenvalue weighted by atomic mass is 10.0. The summed E-state index contributed by atoms with van der Waals surface area (Å²) in [6.07, 6.45) is -5.03. The van der Waals surface area contributed by atoms with Crippen molar-refractivity contribution in [1.29, 1.82) is 0 Å². The lowest BCUT2D eigenvalue weighted by Gasteiger charge is -2.21. The molecule has 0 bridgehead atoms. The number of ether oxygens (including phenoxy) is 1. The number of hydrogen-bond donors (Lipinski definition) is 1. The number of nitrogens with one attached hydrogen (secondary N) is 1. The molecule has 0 aliphatic heterocycles. The first-order chi connectivity index (χ1) is 9.71. The molecule has 0 aliphatic carbocycles. The van der Waals surface area contributed by atoms with Gasteiger partial charge >= 0.3 is 18.1 Å². The summed E-state index contributed by atoms with van der Waals surface area (Å²) in [4.78, 5) is 22.7. The van der Waals surface area contributed by atoms with Crippen molar-refractivity contribution in [3.05, 3.63) is 35.9 Å². The maximum Gasteiger partial charge on any atom is 0.471 e. The van der Waals surface area contributed by atoms with Crippen molar-refractivity contribution in [3.63, 3.8) is 0 Å². The van der Waals surface area contributed by atoms with Crippen molar-refractivity contribution in [2.75, 3.05) is 0 Å². The molecule has 21 heavy (non-hydrogen) atoms. The minimum Gasteiger partial charge on any atom is -0.459 e. The number of rotatable bonds is 5. The van der Waals surface area contributed by atoms with Crippen LogP contribution in [0.25, 0.3) is 0 Å². The molecule has 1 aromatic carbocycles. The zero-order valence-corrected chi connectivity index (χ0v) is 11.6. The summed E-state index contributed by atoms with van der Waals surface area (Å²) < 4.78 is 41.6. The third kappa shape index (κ3) is 5.45. The Bertz CT molecular complexity index is 486. The molecule has 1 aromatic rings. The van der Waals surface area contributed by atoms with E-state index in [9.17, 15) is 22.8 Å². The molecule has 0 radical (unpaired) electrons. The average molecular weight is 303 g/mol. The number of hydrogen-bond acceptors (Lipinski definition) is 3. The van der Waals surface area contributed by atoms with E-state index >= 15 is 0 Å². The number of amides is 1. The predicted octanol–water partition coefficient (Wildman–Crippen LogP) is 2.43. The van der Waals surface area contributed by atoms with Crippen LogP contribution in [0.15, 0.2) is 30.3 Å². The van der Waals surface area contributed by atoms with Crippen molar-refractivity contribution in [1.82, 2.24) is 5.32 Å². The van der Waals surface area contributed by atoms with E-state index in [0.717, 1.165) is 0 Å². The van der Waals surface area contributed by atoms with Gasteiger partial charge in [0.25, 0.3) is 0 Å². The van der Waals surface area contributed by atoms with E-state index in [2.05, 4.69) is 0 Å². The summed E-state index contributed by atoms with van der Waals surface area (Å²) in [5.41, 5.74) is 0.704. The Morgan fingerprint density at radius 3 is 2.24 bits per heavy atom. The zero-order valence-electron chi connectivity index (χ0n) is 11.6. The van der Waals surface area contributed by atoms with Gasteiger partial charge in [0.2, 0.25) is 0 Å². The van der Waals surface area contributed by atoms with Gasteiger partial charge in [0, 0.05) is 0 Å². The molecule has 0 saturated heterocycles. The van der Waals surface area contributed by atoms with Crippen molar-refractivity contribution >= 4 is 11.9 Å². The van der Waals surface area contributed by atoms with Crippen molar-refractivity contribution in [3.8, 4) is 0 Å². The molecule has 0 unspecified atom stereocenters. The number of carbonyl (C=O) groups excluding carboxylic acids is 2. The van der Waals surface area contributed by atoms with E-state index < -0.39 is 30.0 Å². The van der Waals surface area contributed by atoms with E-state index in [0.29, 0.717) is 5.56 Å². The highest BCUT2D eigenvalue weighted by Gasteiger charge is 2.41. The summed E-state index contributed by atoms with van der Waals surface area (Å²) >= 11 is 0. The molecule has 0 aliphatic rings. The van der Waals surface area contributed by atoms with E-state index in [1.807, 2.05) is 0 Å². The fourth-order valence-electron chi connectivity index (χ4n) is 1.54. The summed E-state index contributed by atoms with van der Waals surface area (Å²) in [5, 5.41) is 1.65. The van der Waals surface area contributed by atoms with Gasteiger partial charge in [-0.2, -0.15) is 13.2 Å². The maximum atomic E-state index is 12.2. The minimum absolute atomic E-state index is 0.0647. The Morgan fingerprint density at radius 1 is 1.19 bits per heavy atom. The fourth-order valence-corrected chi connectivity index (χ4v) is 1.54. The second-order valence-electron chi connectivity index (χ2n) is 4.79. The van der Waals surface area contributed by atoms with E-state index in [1.54, 1.807) is 35.6 Å². The van der Waals surface area contributed by atoms with Crippen LogP contribution in [-0.4, -0.2) is 24.1 Å². The Morgan fingerprint density at radius 2 is 1.76 bits per heavy atom. The molecule has 7 heteroatoms. The fraction of sp³-hybridized carbons (Fsp3) is 0.429. The number of carbonyl (C=O) groups is 2. The van der Waals surface area contributed by atoms with Crippen LogP contribution in [0.1, 0.15) is 19.4 Å². The average Bonchev–Trinajstić information content (AvgIpc) is 2.41. The number of esters is 1. The Kier molecular flexibility index (Phi) is 5.75. The third-order valence-corrected chi connectivity index (χ3v) is 2.69. The molecule has 0 saturated carbocycles. The summed E-state index contributed by atoms with van der Waals surface area (Å²) in [6, 6.07) is 7.36. The molecule has 1 N–H and O–H groups in total. The lowest BCUT2D eigenvalue weighted by molar-refractivity contribution is -0.176. The van der Waals surface area contributed by atoms with Crippen LogP contribution >= 0.6 is 0 Å². The maximum absolute atomic E-state index is 12.2. The molecular weight excluding hydrogens is 287 g/mol. The van der Waals surface area contributed by atoms with E-state index in [1.165, 1.54) is 13.8 Å². The van der Waals surface area contributed by atoms with Gasteiger partial charge in [0.15, 0.2) is 0 Å². The highest BCUT2D eigenvalue weighted by molar-refractivity contribution is 5.87. The standard InChI is InChI=1S/C14H16F3NO3/c1-9(2)11(18-13(20)14(15,16)17)12(19)21-8-10-6-4-3-5-7-10/h3-7,9,11H,8H2,1-2H3,(H,18,20)/t11-/m0/s1. The third-order valence-electron chi connectivity index (χ3n) is 2.69. The van der Waals surface area contributed by atoms with Crippen LogP contribution < -0.4 is 5.32 Å². The second-order valence-corrected chi connectivity index (χ2v) is 4.79. The molecule has 0 aromatic heterocycles. The van der Waals surface area contributed by atoms with E-state index in [4.69, 9.17) is 4.74 Å². The molecule has 1 rings (SSSR count). The normalized spacial score (nSPS) is 12.9. The van der Waals surface area contributed by atoms with Crippen molar-refractivity contribution < 1.29 is 27.5 Å². The van der Waals surface area contributed by atoms with Crippen LogP contribution in [0, 0.1) is 5.92 Å². The van der Waals surface area contributed by atoms with Crippen LogP contribution in [0.4, 0.5) is 13.2 Å². The monoisotopic (exact) mass is 303 g/mol. The second kappa shape index (κ2) is 7.10. The van der Waals surface area contributed by atoms with Gasteiger partial charge in [0.05, 0.1) is 0 Å². The number of halogens is 3. The molecule has 1 atom stereocenters. The van der Waals surface area contributed by atoms with Crippen molar-refractivity contribution in [2.24, 2.45) is 5.92 Å². The van der Waals surface area contributed by atoms with Gasteiger partial charge in [-0.1, -0.05) is 44.2 Å². The molecule has 4 nitrogen and oxygen atoms in total. The summed E-state index contributed by atoms with van der Waals surface area (Å²) in [5.74, 6) is -3.58. The van der Waals surface area contributed by atoms with Crippen LogP contribution in [-0.2, 0) is 20.9 Å². The SMILES string of the molecule is CC(C)[C@H](NC(=O)C(F)(F)F)C(=O)OCc1ccccc1. The largest absolute Gasteiger partial charge is 0.471 e. The molecule has 0 heterocycles. The quantitative estimate of drug-likeness (QED) is 0.850. The molecule has 116 valence electrons. The van der Waals surface area contributed by atoms with Gasteiger partial charge in [0.1, 0.15) is 12.6 Å². The molecule has 0 spiro atoms. The van der Waals surface area contributed by atoms with Gasteiger partial charge in [-0.15, -0.1) is 0 Å². The highest BCUT2D eigenvalue weighted by Crippen LogP contribution is 2.16. The highest BCUT2D eigenvalue weighted by atomic mass is 19.4. The van der Waals surface area contributed by atoms with Crippen molar-refractivity contribution in [2.45, 2.75) is 32.7 Å². The Balaban J connectivity index is 2.64. The first-order valence-electron chi connectivity index (χ1n) is 6.30. The van der Waals surface area contributed by atoms with Gasteiger partial charge in [-0.25, -0.2) is 4.79 Å². The van der Waals surface area contributed by atoms with Crippen LogP contribution in [0.3, 0.4) is 0 Å². The number of benzene rings is 1. The smallest absolute Gasteiger partial charge is 0.459 e. The molecule has 1 amide bonds. The van der Waals surface area contributed by atoms with Gasteiger partial charge in [-0.05, 0) is 11.5 Å². The van der Waals surface area contributed by atoms with Gasteiger partial charge in [-0.3, -0.25) is 4.79 Å². The van der Waals surface area contributed by atoms with Crippen LogP contribution in [0.5, 0.6) is 0 Å². The first kappa shape index (κ1) is 17.0. The lowest BCUT2D eigenvalue weighted by Crippen LogP contribution is -2.49. The summed E-state index contributed by atoms with van der Waals surface area (Å²) in [7, 11) is 0. The molecular formula is C14H16F3NO3. The minimum atomic E-state index is -5.03. The number of alkyl halides is 3. The Hall–Kier alpha value is -2.05. The topological polar surface area (TPSA) is 55.4 Å². The predicted molar refractivity (Wildman–Crippen MR) is 69.1 cm³/mol. The first-order valence-corrected chi connectivity index (χ1v) is 6.30. The zero-order chi connectivity index (χ0) is 16.0. The summed E-state index contributed by atoms with van der Waals surface area (Å²) in [6.45, 7) is 2.97. The van der Waals surface area contributed by atoms with Crippen LogP contribution in [0.2, 0.25) is 0 Å².